The largest absolute Gasteiger partial charge is 0.629 e. The van der Waals surface area contributed by atoms with Gasteiger partial charge in [0, 0.05) is 6.92 Å². The van der Waals surface area contributed by atoms with Crippen molar-refractivity contribution in [3.05, 3.63) is 16.7 Å². The van der Waals surface area contributed by atoms with E-state index in [9.17, 15) is 5.21 Å². The highest BCUT2D eigenvalue weighted by molar-refractivity contribution is 4.90. The van der Waals surface area contributed by atoms with E-state index in [0.29, 0.717) is 5.70 Å². The first-order valence-electron chi connectivity index (χ1n) is 2.43. The highest BCUT2D eigenvalue weighted by Gasteiger charge is 1.95. The molecule has 3 nitrogen and oxygen atoms in total. The monoisotopic (exact) mass is 117 g/mol. The second-order valence-electron chi connectivity index (χ2n) is 1.77. The summed E-state index contributed by atoms with van der Waals surface area (Å²) in [6.45, 7) is 3.09. The van der Waals surface area contributed by atoms with Gasteiger partial charge in [-0.3, -0.25) is 0 Å². The zero-order valence-electron chi connectivity index (χ0n) is 5.36. The van der Waals surface area contributed by atoms with Gasteiger partial charge in [-0.2, -0.15) is 0 Å². The van der Waals surface area contributed by atoms with Crippen LogP contribution in [0.3, 0.4) is 0 Å². The number of aliphatic hydroxyl groups excluding tert-OH is 1. The minimum Gasteiger partial charge on any atom is -0.629 e. The van der Waals surface area contributed by atoms with E-state index in [4.69, 9.17) is 5.11 Å². The fourth-order valence-electron chi connectivity index (χ4n) is 0.255. The van der Waals surface area contributed by atoms with Crippen LogP contribution in [0, 0.1) is 5.21 Å². The van der Waals surface area contributed by atoms with Gasteiger partial charge in [-0.05, 0) is 6.92 Å². The van der Waals surface area contributed by atoms with Gasteiger partial charge in [0.05, 0.1) is 7.05 Å². The Morgan fingerprint density at radius 1 is 1.50 bits per heavy atom. The Morgan fingerprint density at radius 2 is 1.88 bits per heavy atom. The van der Waals surface area contributed by atoms with Gasteiger partial charge in [0.15, 0.2) is 0 Å². The number of hydroxylamine groups is 2. The van der Waals surface area contributed by atoms with Gasteiger partial charge >= 0.3 is 0 Å². The van der Waals surface area contributed by atoms with Crippen molar-refractivity contribution in [3.63, 3.8) is 0 Å². The molecule has 0 aliphatic rings. The first kappa shape index (κ1) is 7.46. The quantitative estimate of drug-likeness (QED) is 0.369. The molecule has 0 aliphatic heterocycles. The van der Waals surface area contributed by atoms with Crippen LogP contribution in [0.4, 0.5) is 0 Å². The summed E-state index contributed by atoms with van der Waals surface area (Å²) in [6.07, 6.45) is 0. The Kier molecular flexibility index (Phi) is 2.51. The number of rotatable bonds is 1. The lowest BCUT2D eigenvalue weighted by Crippen LogP contribution is -3.01. The van der Waals surface area contributed by atoms with Gasteiger partial charge in [-0.15, -0.1) is 0 Å². The highest BCUT2D eigenvalue weighted by Crippen LogP contribution is 1.86. The smallest absolute Gasteiger partial charge is 0.145 e. The van der Waals surface area contributed by atoms with Crippen molar-refractivity contribution < 1.29 is 10.2 Å². The lowest BCUT2D eigenvalue weighted by Gasteiger charge is -2.15. The zero-order valence-corrected chi connectivity index (χ0v) is 5.36. The molecule has 0 aliphatic carbocycles. The van der Waals surface area contributed by atoms with Gasteiger partial charge in [0.25, 0.3) is 0 Å². The van der Waals surface area contributed by atoms with Crippen molar-refractivity contribution in [2.75, 3.05) is 7.05 Å². The third kappa shape index (κ3) is 1.95. The van der Waals surface area contributed by atoms with Gasteiger partial charge < -0.3 is 15.4 Å². The molecule has 0 aromatic carbocycles. The molecule has 1 unspecified atom stereocenters. The van der Waals surface area contributed by atoms with Crippen LogP contribution in [0.5, 0.6) is 0 Å². The maximum absolute atomic E-state index is 10.4. The van der Waals surface area contributed by atoms with E-state index in [1.165, 1.54) is 14.0 Å². The molecule has 0 bridgehead atoms. The molecule has 2 N–H and O–H groups in total. The summed E-state index contributed by atoms with van der Waals surface area (Å²) in [5.41, 5.74) is 0.435. The summed E-state index contributed by atoms with van der Waals surface area (Å²) < 4.78 is 0. The molecular formula is C5H11NO2. The fraction of sp³-hybridized carbons (Fsp3) is 0.600. The van der Waals surface area contributed by atoms with Crippen LogP contribution >= 0.6 is 0 Å². The molecule has 0 aromatic heterocycles. The molecule has 0 saturated heterocycles. The second-order valence-corrected chi connectivity index (χ2v) is 1.77. The number of aliphatic hydroxyl groups is 1. The third-order valence-corrected chi connectivity index (χ3v) is 1.07. The molecule has 0 amide bonds. The molecule has 0 aromatic rings. The molecule has 0 radical (unpaired) electrons. The van der Waals surface area contributed by atoms with Crippen LogP contribution in [-0.4, -0.2) is 12.2 Å². The average molecular weight is 117 g/mol. The van der Waals surface area contributed by atoms with Crippen LogP contribution in [0.2, 0.25) is 0 Å². The van der Waals surface area contributed by atoms with Crippen molar-refractivity contribution in [2.24, 2.45) is 0 Å². The molecule has 0 rings (SSSR count). The Morgan fingerprint density at radius 3 is 1.88 bits per heavy atom. The van der Waals surface area contributed by atoms with E-state index < -0.39 is 0 Å². The summed E-state index contributed by atoms with van der Waals surface area (Å²) >= 11 is 0. The van der Waals surface area contributed by atoms with Gasteiger partial charge in [-0.25, -0.2) is 0 Å². The first-order valence-corrected chi connectivity index (χ1v) is 2.43. The predicted octanol–water partition coefficient (Wildman–Crippen LogP) is -0.192. The van der Waals surface area contributed by atoms with Crippen molar-refractivity contribution in [2.45, 2.75) is 13.8 Å². The van der Waals surface area contributed by atoms with E-state index in [0.717, 1.165) is 0 Å². The molecule has 0 fully saturated rings. The topological polar surface area (TPSA) is 47.7 Å². The average Bonchev–Trinajstić information content (AvgIpc) is 1.64. The molecular weight excluding hydrogens is 106 g/mol. The Labute approximate surface area is 48.8 Å². The lowest BCUT2D eigenvalue weighted by atomic mass is 10.4. The predicted molar refractivity (Wildman–Crippen MR) is 31.3 cm³/mol. The summed E-state index contributed by atoms with van der Waals surface area (Å²) in [4.78, 5) is 0. The molecule has 0 heterocycles. The van der Waals surface area contributed by atoms with Gasteiger partial charge in [0.1, 0.15) is 11.5 Å². The number of hydrogen-bond donors (Lipinski definition) is 2. The zero-order chi connectivity index (χ0) is 6.73. The summed E-state index contributed by atoms with van der Waals surface area (Å²) in [7, 11) is 1.43. The van der Waals surface area contributed by atoms with Crippen molar-refractivity contribution >= 4 is 0 Å². The maximum atomic E-state index is 10.4. The van der Waals surface area contributed by atoms with E-state index in [2.05, 4.69) is 0 Å². The Bertz CT molecular complexity index is 103. The molecule has 3 heteroatoms. The van der Waals surface area contributed by atoms with Crippen LogP contribution in [0.1, 0.15) is 13.8 Å². The van der Waals surface area contributed by atoms with E-state index in [-0.39, 0.29) is 10.8 Å². The van der Waals surface area contributed by atoms with Crippen LogP contribution in [-0.2, 0) is 0 Å². The second kappa shape index (κ2) is 2.69. The minimum absolute atomic E-state index is 0.0787. The molecule has 1 atom stereocenters. The standard InChI is InChI=1S/C5H11NO2/c1-4(5(2)7)6(3)8/h6-7H,1-3H3/b5-4-. The van der Waals surface area contributed by atoms with E-state index in [1.807, 2.05) is 0 Å². The third-order valence-electron chi connectivity index (χ3n) is 1.07. The van der Waals surface area contributed by atoms with Crippen LogP contribution in [0.25, 0.3) is 0 Å². The Balaban J connectivity index is 4.00. The van der Waals surface area contributed by atoms with Gasteiger partial charge in [-0.1, -0.05) is 0 Å². The van der Waals surface area contributed by atoms with Crippen LogP contribution < -0.4 is 5.06 Å². The first-order chi connectivity index (χ1) is 3.55. The number of nitrogens with one attached hydrogen (secondary N) is 1. The SMILES string of the molecule is C/C(O)=C(\C)[NH+](C)[O-]. The number of hydrogen-bond acceptors (Lipinski definition) is 2. The summed E-state index contributed by atoms with van der Waals surface area (Å²) in [5.74, 6) is 0.109. The lowest BCUT2D eigenvalue weighted by molar-refractivity contribution is -0.783. The summed E-state index contributed by atoms with van der Waals surface area (Å²) in [6, 6.07) is 0. The molecule has 0 saturated carbocycles. The van der Waals surface area contributed by atoms with E-state index in [1.54, 1.807) is 6.92 Å². The summed E-state index contributed by atoms with van der Waals surface area (Å²) in [5, 5.41) is 18.9. The number of allylic oxidation sites excluding steroid dienone is 2. The van der Waals surface area contributed by atoms with Crippen molar-refractivity contribution in [1.82, 2.24) is 0 Å². The molecule has 8 heavy (non-hydrogen) atoms. The minimum atomic E-state index is -0.0787. The van der Waals surface area contributed by atoms with Crippen molar-refractivity contribution in [1.29, 1.82) is 0 Å². The number of quaternary nitrogens is 1. The highest BCUT2D eigenvalue weighted by atomic mass is 16.5. The fourth-order valence-corrected chi connectivity index (χ4v) is 0.255. The molecule has 0 spiro atoms. The Hall–Kier alpha value is -0.540. The maximum Gasteiger partial charge on any atom is 0.145 e. The molecule has 48 valence electrons. The normalized spacial score (nSPS) is 17.5. The van der Waals surface area contributed by atoms with Crippen LogP contribution in [0.15, 0.2) is 11.5 Å². The van der Waals surface area contributed by atoms with Crippen molar-refractivity contribution in [3.8, 4) is 0 Å². The van der Waals surface area contributed by atoms with Gasteiger partial charge in [0.2, 0.25) is 0 Å². The van der Waals surface area contributed by atoms with E-state index >= 15 is 0 Å².